The SMILES string of the molecule is Nc1ccc(Cl)[nH]c1=NOC(=O)c1ccccc1Cl. The number of carbonyl (C=O) groups is 1. The number of carbonyl (C=O) groups excluding carboxylic acids is 1. The molecular weight excluding hydrogens is 289 g/mol. The van der Waals surface area contributed by atoms with Gasteiger partial charge in [-0.05, 0) is 24.3 Å². The van der Waals surface area contributed by atoms with Crippen LogP contribution in [0.3, 0.4) is 0 Å². The van der Waals surface area contributed by atoms with Crippen molar-refractivity contribution >= 4 is 34.9 Å². The van der Waals surface area contributed by atoms with E-state index in [2.05, 4.69) is 10.1 Å². The number of nitrogens with one attached hydrogen (secondary N) is 1. The molecule has 0 saturated heterocycles. The molecule has 7 heteroatoms. The number of nitrogens with two attached hydrogens (primary N) is 1. The maximum atomic E-state index is 11.7. The van der Waals surface area contributed by atoms with Crippen LogP contribution >= 0.6 is 23.2 Å². The maximum Gasteiger partial charge on any atom is 0.367 e. The summed E-state index contributed by atoms with van der Waals surface area (Å²) in [6, 6.07) is 9.59. The third kappa shape index (κ3) is 3.27. The molecule has 0 radical (unpaired) electrons. The van der Waals surface area contributed by atoms with Gasteiger partial charge in [-0.1, -0.05) is 40.5 Å². The fourth-order valence-electron chi connectivity index (χ4n) is 1.31. The second-order valence-electron chi connectivity index (χ2n) is 3.56. The van der Waals surface area contributed by atoms with Crippen LogP contribution in [0.15, 0.2) is 41.6 Å². The number of hydrogen-bond donors (Lipinski definition) is 2. The summed E-state index contributed by atoms with van der Waals surface area (Å²) < 4.78 is 0. The first-order valence-corrected chi connectivity index (χ1v) is 5.98. The molecule has 0 aliphatic heterocycles. The Hall–Kier alpha value is -1.98. The largest absolute Gasteiger partial charge is 0.396 e. The molecule has 3 N–H and O–H groups in total. The van der Waals surface area contributed by atoms with E-state index in [1.807, 2.05) is 0 Å². The average molecular weight is 298 g/mol. The van der Waals surface area contributed by atoms with Gasteiger partial charge in [-0.15, -0.1) is 0 Å². The molecule has 2 rings (SSSR count). The zero-order chi connectivity index (χ0) is 13.8. The summed E-state index contributed by atoms with van der Waals surface area (Å²) in [5, 5.41) is 4.21. The Bertz CT molecular complexity index is 683. The highest BCUT2D eigenvalue weighted by Crippen LogP contribution is 2.15. The van der Waals surface area contributed by atoms with Crippen molar-refractivity contribution in [3.8, 4) is 0 Å². The number of hydrogen-bond acceptors (Lipinski definition) is 4. The highest BCUT2D eigenvalue weighted by Gasteiger charge is 2.10. The highest BCUT2D eigenvalue weighted by molar-refractivity contribution is 6.33. The molecule has 0 amide bonds. The number of benzene rings is 1. The summed E-state index contributed by atoms with van der Waals surface area (Å²) in [5.74, 6) is -0.682. The van der Waals surface area contributed by atoms with E-state index < -0.39 is 5.97 Å². The molecule has 0 aliphatic carbocycles. The van der Waals surface area contributed by atoms with Crippen molar-refractivity contribution < 1.29 is 9.63 Å². The quantitative estimate of drug-likeness (QED) is 0.508. The van der Waals surface area contributed by atoms with Gasteiger partial charge in [0.2, 0.25) is 0 Å². The normalized spacial score (nSPS) is 11.4. The van der Waals surface area contributed by atoms with E-state index in [1.54, 1.807) is 30.3 Å². The van der Waals surface area contributed by atoms with E-state index in [-0.39, 0.29) is 16.1 Å². The Morgan fingerprint density at radius 3 is 2.68 bits per heavy atom. The van der Waals surface area contributed by atoms with Crippen molar-refractivity contribution in [2.24, 2.45) is 5.16 Å². The second kappa shape index (κ2) is 5.77. The van der Waals surface area contributed by atoms with Gasteiger partial charge in [0.05, 0.1) is 16.3 Å². The standard InChI is InChI=1S/C12H9Cl2N3O2/c13-8-4-2-1-3-7(8)12(18)19-17-11-9(15)5-6-10(14)16-11/h1-6H,15H2,(H,16,17). The zero-order valence-electron chi connectivity index (χ0n) is 9.56. The predicted octanol–water partition coefficient (Wildman–Crippen LogP) is 2.58. The Morgan fingerprint density at radius 2 is 1.95 bits per heavy atom. The fourth-order valence-corrected chi connectivity index (χ4v) is 1.67. The number of H-pyrrole nitrogens is 1. The van der Waals surface area contributed by atoms with Gasteiger partial charge in [0, 0.05) is 0 Å². The van der Waals surface area contributed by atoms with Crippen LogP contribution in [0.2, 0.25) is 10.2 Å². The Kier molecular flexibility index (Phi) is 4.09. The molecule has 1 heterocycles. The monoisotopic (exact) mass is 297 g/mol. The van der Waals surface area contributed by atoms with Crippen LogP contribution in [0, 0.1) is 0 Å². The van der Waals surface area contributed by atoms with Gasteiger partial charge in [0.25, 0.3) is 0 Å². The van der Waals surface area contributed by atoms with E-state index in [4.69, 9.17) is 33.8 Å². The number of halogens is 2. The minimum absolute atomic E-state index is 0.160. The zero-order valence-corrected chi connectivity index (χ0v) is 11.1. The van der Waals surface area contributed by atoms with Crippen LogP contribution in [-0.2, 0) is 4.84 Å². The smallest absolute Gasteiger partial charge is 0.367 e. The second-order valence-corrected chi connectivity index (χ2v) is 4.37. The van der Waals surface area contributed by atoms with E-state index in [0.29, 0.717) is 10.8 Å². The number of aromatic amines is 1. The lowest BCUT2D eigenvalue weighted by Crippen LogP contribution is -2.15. The fraction of sp³-hybridized carbons (Fsp3) is 0. The third-order valence-electron chi connectivity index (χ3n) is 2.23. The molecule has 1 aromatic carbocycles. The van der Waals surface area contributed by atoms with Crippen molar-refractivity contribution in [1.29, 1.82) is 0 Å². The first kappa shape index (κ1) is 13.5. The van der Waals surface area contributed by atoms with Crippen LogP contribution in [0.5, 0.6) is 0 Å². The van der Waals surface area contributed by atoms with Crippen molar-refractivity contribution in [2.45, 2.75) is 0 Å². The summed E-state index contributed by atoms with van der Waals surface area (Å²) in [5.41, 5.74) is 6.32. The molecule has 0 spiro atoms. The molecule has 2 aromatic rings. The number of nitrogens with zero attached hydrogens (tertiary/aromatic N) is 1. The van der Waals surface area contributed by atoms with Gasteiger partial charge in [-0.25, -0.2) is 4.79 Å². The molecule has 0 atom stereocenters. The predicted molar refractivity (Wildman–Crippen MR) is 72.6 cm³/mol. The lowest BCUT2D eigenvalue weighted by molar-refractivity contribution is 0.0495. The third-order valence-corrected chi connectivity index (χ3v) is 2.78. The van der Waals surface area contributed by atoms with E-state index in [1.165, 1.54) is 6.07 Å². The van der Waals surface area contributed by atoms with Crippen LogP contribution in [-0.4, -0.2) is 11.0 Å². The molecular formula is C12H9Cl2N3O2. The first-order valence-electron chi connectivity index (χ1n) is 5.22. The maximum absolute atomic E-state index is 11.7. The molecule has 0 aliphatic rings. The lowest BCUT2D eigenvalue weighted by atomic mass is 10.2. The van der Waals surface area contributed by atoms with Gasteiger partial charge in [-0.3, -0.25) is 0 Å². The van der Waals surface area contributed by atoms with Crippen molar-refractivity contribution in [2.75, 3.05) is 5.73 Å². The number of anilines is 1. The molecule has 0 fully saturated rings. The Balaban J connectivity index is 2.25. The van der Waals surface area contributed by atoms with Crippen LogP contribution < -0.4 is 11.2 Å². The Labute approximate surface area is 118 Å². The van der Waals surface area contributed by atoms with Crippen LogP contribution in [0.1, 0.15) is 10.4 Å². The first-order chi connectivity index (χ1) is 9.08. The van der Waals surface area contributed by atoms with Gasteiger partial charge in [-0.2, -0.15) is 0 Å². The molecule has 98 valence electrons. The molecule has 19 heavy (non-hydrogen) atoms. The van der Waals surface area contributed by atoms with E-state index in [0.717, 1.165) is 0 Å². The lowest BCUT2D eigenvalue weighted by Gasteiger charge is -2.00. The molecule has 1 aromatic heterocycles. The number of aromatic nitrogens is 1. The van der Waals surface area contributed by atoms with Crippen LogP contribution in [0.25, 0.3) is 0 Å². The minimum Gasteiger partial charge on any atom is -0.396 e. The summed E-state index contributed by atoms with van der Waals surface area (Å²) in [6.45, 7) is 0. The van der Waals surface area contributed by atoms with Crippen molar-refractivity contribution in [3.05, 3.63) is 57.6 Å². The van der Waals surface area contributed by atoms with E-state index >= 15 is 0 Å². The summed E-state index contributed by atoms with van der Waals surface area (Å²) >= 11 is 11.6. The number of rotatable bonds is 2. The summed E-state index contributed by atoms with van der Waals surface area (Å²) in [6.07, 6.45) is 0. The summed E-state index contributed by atoms with van der Waals surface area (Å²) in [4.78, 5) is 19.2. The van der Waals surface area contributed by atoms with Crippen LogP contribution in [0.4, 0.5) is 5.69 Å². The molecule has 0 unspecified atom stereocenters. The molecule has 5 nitrogen and oxygen atoms in total. The van der Waals surface area contributed by atoms with Gasteiger partial charge in [0.1, 0.15) is 5.15 Å². The van der Waals surface area contributed by atoms with E-state index in [9.17, 15) is 4.79 Å². The minimum atomic E-state index is -0.682. The average Bonchev–Trinajstić information content (AvgIpc) is 2.40. The molecule has 0 saturated carbocycles. The van der Waals surface area contributed by atoms with Gasteiger partial charge < -0.3 is 15.6 Å². The van der Waals surface area contributed by atoms with Gasteiger partial charge in [0.15, 0.2) is 5.49 Å². The topological polar surface area (TPSA) is 80.5 Å². The Morgan fingerprint density at radius 1 is 1.21 bits per heavy atom. The van der Waals surface area contributed by atoms with Gasteiger partial charge >= 0.3 is 5.97 Å². The molecule has 0 bridgehead atoms. The summed E-state index contributed by atoms with van der Waals surface area (Å²) in [7, 11) is 0. The highest BCUT2D eigenvalue weighted by atomic mass is 35.5. The van der Waals surface area contributed by atoms with Crippen molar-refractivity contribution in [1.82, 2.24) is 4.98 Å². The van der Waals surface area contributed by atoms with Crippen molar-refractivity contribution in [3.63, 3.8) is 0 Å². The number of nitrogen functional groups attached to an aromatic ring is 1. The number of pyridine rings is 1.